The van der Waals surface area contributed by atoms with Crippen molar-refractivity contribution < 1.29 is 4.74 Å². The highest BCUT2D eigenvalue weighted by atomic mass is 35.5. The molecule has 0 amide bonds. The molecule has 2 atom stereocenters. The van der Waals surface area contributed by atoms with Crippen LogP contribution < -0.4 is 0 Å². The molecule has 2 rings (SSSR count). The number of nitrogens with zero attached hydrogens (tertiary/aromatic N) is 3. The smallest absolute Gasteiger partial charge is 0.225 e. The van der Waals surface area contributed by atoms with Crippen molar-refractivity contribution in [3.05, 3.63) is 11.1 Å². The molecule has 0 aromatic carbocycles. The summed E-state index contributed by atoms with van der Waals surface area (Å²) in [5.41, 5.74) is -0.0404. The predicted octanol–water partition coefficient (Wildman–Crippen LogP) is 3.04. The molecule has 4 nitrogen and oxygen atoms in total. The maximum absolute atomic E-state index is 6.17. The zero-order valence-corrected chi connectivity index (χ0v) is 12.4. The predicted molar refractivity (Wildman–Crippen MR) is 71.9 cm³/mol. The minimum atomic E-state index is -0.0404. The molecule has 1 aromatic rings. The maximum atomic E-state index is 6.17. The number of aromatic nitrogens is 3. The Labute approximate surface area is 114 Å². The van der Waals surface area contributed by atoms with E-state index < -0.39 is 0 Å². The normalized spacial score (nSPS) is 24.7. The highest BCUT2D eigenvalue weighted by Crippen LogP contribution is 2.29. The van der Waals surface area contributed by atoms with Crippen LogP contribution in [0.25, 0.3) is 0 Å². The first kappa shape index (κ1) is 13.8. The fraction of sp³-hybridized carbons (Fsp3) is 0.846. The van der Waals surface area contributed by atoms with Crippen LogP contribution in [0.2, 0.25) is 5.28 Å². The third kappa shape index (κ3) is 2.69. The van der Waals surface area contributed by atoms with Crippen LogP contribution >= 0.6 is 11.6 Å². The molecule has 2 heterocycles. The Morgan fingerprint density at radius 3 is 2.72 bits per heavy atom. The standard InChI is InChI=1S/C13H22ClN3O/c1-5-10-9(6-7-18-10)8-17-11(13(2,3)4)15-16-12(17)14/h9-10H,5-8H2,1-4H3. The van der Waals surface area contributed by atoms with Gasteiger partial charge >= 0.3 is 0 Å². The third-order valence-corrected chi connectivity index (χ3v) is 3.82. The van der Waals surface area contributed by atoms with E-state index in [2.05, 4.69) is 37.9 Å². The number of rotatable bonds is 3. The number of hydrogen-bond acceptors (Lipinski definition) is 3. The zero-order valence-electron chi connectivity index (χ0n) is 11.6. The van der Waals surface area contributed by atoms with Crippen molar-refractivity contribution in [3.63, 3.8) is 0 Å². The third-order valence-electron chi connectivity index (χ3n) is 3.54. The number of halogens is 1. The lowest BCUT2D eigenvalue weighted by Crippen LogP contribution is -2.25. The molecule has 2 unspecified atom stereocenters. The Kier molecular flexibility index (Phi) is 3.97. The molecular weight excluding hydrogens is 250 g/mol. The van der Waals surface area contributed by atoms with Gasteiger partial charge in [0.15, 0.2) is 0 Å². The quantitative estimate of drug-likeness (QED) is 0.848. The van der Waals surface area contributed by atoms with E-state index in [-0.39, 0.29) is 5.41 Å². The summed E-state index contributed by atoms with van der Waals surface area (Å²) in [5, 5.41) is 8.72. The van der Waals surface area contributed by atoms with Crippen molar-refractivity contribution in [3.8, 4) is 0 Å². The van der Waals surface area contributed by atoms with E-state index in [1.54, 1.807) is 0 Å². The van der Waals surface area contributed by atoms with Gasteiger partial charge in [0.05, 0.1) is 6.10 Å². The summed E-state index contributed by atoms with van der Waals surface area (Å²) in [6.07, 6.45) is 2.49. The van der Waals surface area contributed by atoms with Gasteiger partial charge in [0, 0.05) is 24.5 Å². The Morgan fingerprint density at radius 1 is 1.39 bits per heavy atom. The summed E-state index contributed by atoms with van der Waals surface area (Å²) < 4.78 is 7.78. The van der Waals surface area contributed by atoms with E-state index in [1.165, 1.54) is 0 Å². The topological polar surface area (TPSA) is 39.9 Å². The molecule has 0 spiro atoms. The first-order chi connectivity index (χ1) is 8.43. The van der Waals surface area contributed by atoms with E-state index >= 15 is 0 Å². The number of hydrogen-bond donors (Lipinski definition) is 0. The molecule has 0 aliphatic carbocycles. The van der Waals surface area contributed by atoms with E-state index in [0.717, 1.165) is 31.8 Å². The Morgan fingerprint density at radius 2 is 2.11 bits per heavy atom. The summed E-state index contributed by atoms with van der Waals surface area (Å²) in [6, 6.07) is 0. The highest BCUT2D eigenvalue weighted by molar-refractivity contribution is 6.28. The lowest BCUT2D eigenvalue weighted by molar-refractivity contribution is 0.0830. The van der Waals surface area contributed by atoms with Gasteiger partial charge in [-0.05, 0) is 24.4 Å². The largest absolute Gasteiger partial charge is 0.378 e. The second kappa shape index (κ2) is 5.17. The minimum absolute atomic E-state index is 0.0404. The summed E-state index contributed by atoms with van der Waals surface area (Å²) in [6.45, 7) is 10.3. The molecule has 0 N–H and O–H groups in total. The molecule has 1 fully saturated rings. The lowest BCUT2D eigenvalue weighted by Gasteiger charge is -2.23. The summed E-state index contributed by atoms with van der Waals surface area (Å²) in [7, 11) is 0. The van der Waals surface area contributed by atoms with E-state index in [9.17, 15) is 0 Å². The lowest BCUT2D eigenvalue weighted by atomic mass is 9.94. The van der Waals surface area contributed by atoms with Gasteiger partial charge < -0.3 is 9.30 Å². The van der Waals surface area contributed by atoms with Crippen LogP contribution in [-0.2, 0) is 16.7 Å². The second-order valence-corrected chi connectivity index (χ2v) is 6.36. The second-order valence-electron chi connectivity index (χ2n) is 6.02. The molecule has 5 heteroatoms. The van der Waals surface area contributed by atoms with Crippen LogP contribution in [0.1, 0.15) is 46.4 Å². The molecule has 1 aliphatic heterocycles. The zero-order chi connectivity index (χ0) is 13.3. The first-order valence-electron chi connectivity index (χ1n) is 6.64. The van der Waals surface area contributed by atoms with Gasteiger partial charge in [-0.1, -0.05) is 27.7 Å². The average Bonchev–Trinajstić information content (AvgIpc) is 2.86. The molecule has 1 aromatic heterocycles. The Balaban J connectivity index is 2.21. The van der Waals surface area contributed by atoms with Gasteiger partial charge in [0.1, 0.15) is 5.82 Å². The van der Waals surface area contributed by atoms with Gasteiger partial charge in [-0.15, -0.1) is 10.2 Å². The molecular formula is C13H22ClN3O. The van der Waals surface area contributed by atoms with Gasteiger partial charge in [0.25, 0.3) is 0 Å². The maximum Gasteiger partial charge on any atom is 0.225 e. The molecule has 0 bridgehead atoms. The van der Waals surface area contributed by atoms with E-state index in [1.807, 2.05) is 4.57 Å². The van der Waals surface area contributed by atoms with Gasteiger partial charge in [0.2, 0.25) is 5.28 Å². The van der Waals surface area contributed by atoms with Crippen molar-refractivity contribution in [2.75, 3.05) is 6.61 Å². The average molecular weight is 272 g/mol. The molecule has 102 valence electrons. The van der Waals surface area contributed by atoms with E-state index in [0.29, 0.717) is 17.3 Å². The van der Waals surface area contributed by atoms with E-state index in [4.69, 9.17) is 16.3 Å². The van der Waals surface area contributed by atoms with Crippen LogP contribution in [0.5, 0.6) is 0 Å². The monoisotopic (exact) mass is 271 g/mol. The number of ether oxygens (including phenoxy) is 1. The van der Waals surface area contributed by atoms with Gasteiger partial charge in [-0.3, -0.25) is 0 Å². The van der Waals surface area contributed by atoms with Crippen LogP contribution in [0.15, 0.2) is 0 Å². The van der Waals surface area contributed by atoms with Gasteiger partial charge in [-0.25, -0.2) is 0 Å². The molecule has 1 saturated heterocycles. The van der Waals surface area contributed by atoms with Crippen molar-refractivity contribution >= 4 is 11.6 Å². The molecule has 18 heavy (non-hydrogen) atoms. The Bertz CT molecular complexity index is 411. The first-order valence-corrected chi connectivity index (χ1v) is 7.02. The highest BCUT2D eigenvalue weighted by Gasteiger charge is 2.30. The van der Waals surface area contributed by atoms with Crippen molar-refractivity contribution in [2.45, 2.75) is 58.6 Å². The van der Waals surface area contributed by atoms with Crippen molar-refractivity contribution in [1.82, 2.24) is 14.8 Å². The fourth-order valence-corrected chi connectivity index (χ4v) is 2.77. The van der Waals surface area contributed by atoms with Crippen molar-refractivity contribution in [2.24, 2.45) is 5.92 Å². The fourth-order valence-electron chi connectivity index (χ4n) is 2.59. The SMILES string of the molecule is CCC1OCCC1Cn1c(Cl)nnc1C(C)(C)C. The molecule has 0 radical (unpaired) electrons. The summed E-state index contributed by atoms with van der Waals surface area (Å²) in [5.74, 6) is 1.47. The van der Waals surface area contributed by atoms with Crippen LogP contribution in [0.4, 0.5) is 0 Å². The van der Waals surface area contributed by atoms with Crippen LogP contribution in [-0.4, -0.2) is 27.5 Å². The Hall–Kier alpha value is -0.610. The van der Waals surface area contributed by atoms with Crippen LogP contribution in [0, 0.1) is 5.92 Å². The van der Waals surface area contributed by atoms with Crippen LogP contribution in [0.3, 0.4) is 0 Å². The summed E-state index contributed by atoms with van der Waals surface area (Å²) >= 11 is 6.17. The minimum Gasteiger partial charge on any atom is -0.378 e. The molecule has 0 saturated carbocycles. The van der Waals surface area contributed by atoms with Gasteiger partial charge in [-0.2, -0.15) is 0 Å². The summed E-state index contributed by atoms with van der Waals surface area (Å²) in [4.78, 5) is 0. The van der Waals surface area contributed by atoms with Crippen molar-refractivity contribution in [1.29, 1.82) is 0 Å². The molecule has 1 aliphatic rings.